The van der Waals surface area contributed by atoms with Crippen LogP contribution in [0.3, 0.4) is 0 Å². The Morgan fingerprint density at radius 3 is 0.853 bits per heavy atom. The van der Waals surface area contributed by atoms with E-state index in [1.54, 1.807) is 0 Å². The quantitative estimate of drug-likeness (QED) is 0.0169. The first-order valence-corrected chi connectivity index (χ1v) is 41.7. The molecule has 17 nitrogen and oxygen atoms in total. The second-order valence-corrected chi connectivity index (χ2v) is 31.0. The number of aliphatic hydroxyl groups excluding tert-OH is 1. The van der Waals surface area contributed by atoms with Crippen LogP contribution in [-0.2, 0) is 65.4 Å². The standard InChI is InChI=1S/C76H144O17P2/c1-8-9-10-11-12-13-14-15-20-24-27-30-35-43-50-57-73(78)86-63-71(92-75(80)59-52-45-36-31-28-25-22-19-17-16-18-21-23-26-29-33-40-47-54-67(2)3)65-90-94(82,83)88-61-70(77)62-89-95(84,85)91-66-72(93-76(81)60-53-46-39-38-42-49-56-69(6)7)64-87-74(79)58-51-44-37-32-34-41-48-55-68(4)5/h13-15,20,67-72,77H,8-12,16-19,21-66H2,1-7H3,(H,82,83)(H,84,85)/b14-13-,20-15-/t70?,71-,72-/m1/s1. The number of carbonyl (C=O) groups excluding carboxylic acids is 4. The first-order valence-electron chi connectivity index (χ1n) is 38.7. The van der Waals surface area contributed by atoms with Crippen LogP contribution in [0.1, 0.15) is 363 Å². The van der Waals surface area contributed by atoms with Gasteiger partial charge in [-0.05, 0) is 69.1 Å². The Kier molecular flexibility index (Phi) is 64.4. The van der Waals surface area contributed by atoms with Crippen LogP contribution in [0.25, 0.3) is 0 Å². The van der Waals surface area contributed by atoms with Gasteiger partial charge >= 0.3 is 39.5 Å². The zero-order chi connectivity index (χ0) is 70.1. The molecule has 0 aromatic rings. The number of esters is 4. The van der Waals surface area contributed by atoms with Crippen molar-refractivity contribution < 1.29 is 80.2 Å². The summed E-state index contributed by atoms with van der Waals surface area (Å²) in [5, 5.41) is 10.6. The van der Waals surface area contributed by atoms with Gasteiger partial charge in [-0.1, -0.05) is 310 Å². The summed E-state index contributed by atoms with van der Waals surface area (Å²) >= 11 is 0. The molecule has 3 N–H and O–H groups in total. The number of allylic oxidation sites excluding steroid dienone is 4. The maximum Gasteiger partial charge on any atom is 0.472 e. The molecule has 0 amide bonds. The fourth-order valence-corrected chi connectivity index (χ4v) is 12.6. The van der Waals surface area contributed by atoms with Gasteiger partial charge < -0.3 is 33.8 Å². The van der Waals surface area contributed by atoms with Crippen molar-refractivity contribution in [3.63, 3.8) is 0 Å². The molecule has 19 heteroatoms. The van der Waals surface area contributed by atoms with Gasteiger partial charge in [-0.3, -0.25) is 37.3 Å². The van der Waals surface area contributed by atoms with Gasteiger partial charge in [0.05, 0.1) is 26.4 Å². The predicted molar refractivity (Wildman–Crippen MR) is 386 cm³/mol. The molecule has 0 bridgehead atoms. The van der Waals surface area contributed by atoms with Gasteiger partial charge in [-0.25, -0.2) is 9.13 Å². The van der Waals surface area contributed by atoms with Crippen molar-refractivity contribution in [2.24, 2.45) is 17.8 Å². The van der Waals surface area contributed by atoms with Gasteiger partial charge in [0.15, 0.2) is 12.2 Å². The van der Waals surface area contributed by atoms with E-state index in [1.807, 2.05) is 0 Å². The third kappa shape index (κ3) is 69.8. The van der Waals surface area contributed by atoms with E-state index >= 15 is 0 Å². The molecule has 0 aromatic carbocycles. The summed E-state index contributed by atoms with van der Waals surface area (Å²) < 4.78 is 68.4. The van der Waals surface area contributed by atoms with Gasteiger partial charge in [0.1, 0.15) is 19.3 Å². The first-order chi connectivity index (χ1) is 45.7. The molecule has 0 saturated carbocycles. The summed E-state index contributed by atoms with van der Waals surface area (Å²) in [5.74, 6) is 0.0344. The Balaban J connectivity index is 5.22. The van der Waals surface area contributed by atoms with Crippen molar-refractivity contribution in [1.82, 2.24) is 0 Å². The van der Waals surface area contributed by atoms with Crippen LogP contribution in [0.4, 0.5) is 0 Å². The van der Waals surface area contributed by atoms with Crippen LogP contribution in [0, 0.1) is 17.8 Å². The molecule has 3 unspecified atom stereocenters. The van der Waals surface area contributed by atoms with Crippen LogP contribution in [-0.4, -0.2) is 96.7 Å². The topological polar surface area (TPSA) is 237 Å². The van der Waals surface area contributed by atoms with E-state index in [1.165, 1.54) is 148 Å². The SMILES string of the molecule is CCCCCC/C=C\C=C/CCCCCCCC(=O)OC[C@H](COP(=O)(O)OCC(O)COP(=O)(O)OC[C@@H](COC(=O)CCCCCCCCCC(C)C)OC(=O)CCCCCCCCC(C)C)OC(=O)CCCCCCCCCCCCCCCCCCCCC(C)C. The normalized spacial score (nSPS) is 14.2. The Hall–Kier alpha value is -2.46. The second kappa shape index (κ2) is 66.1. The van der Waals surface area contributed by atoms with E-state index in [-0.39, 0.29) is 25.7 Å². The number of ether oxygens (including phenoxy) is 4. The van der Waals surface area contributed by atoms with E-state index < -0.39 is 97.5 Å². The highest BCUT2D eigenvalue weighted by Gasteiger charge is 2.30. The molecule has 0 aliphatic rings. The number of phosphoric ester groups is 2. The maximum atomic E-state index is 13.1. The first kappa shape index (κ1) is 92.5. The molecule has 0 aliphatic heterocycles. The van der Waals surface area contributed by atoms with Crippen molar-refractivity contribution in [2.45, 2.75) is 381 Å². The highest BCUT2D eigenvalue weighted by molar-refractivity contribution is 7.47. The molecule has 0 saturated heterocycles. The minimum absolute atomic E-state index is 0.0989. The van der Waals surface area contributed by atoms with E-state index in [0.29, 0.717) is 37.5 Å². The van der Waals surface area contributed by atoms with Gasteiger partial charge in [0.25, 0.3) is 0 Å². The molecule has 0 aliphatic carbocycles. The van der Waals surface area contributed by atoms with Crippen LogP contribution >= 0.6 is 15.6 Å². The van der Waals surface area contributed by atoms with E-state index in [9.17, 15) is 43.2 Å². The zero-order valence-corrected chi connectivity index (χ0v) is 63.4. The molecule has 0 fully saturated rings. The van der Waals surface area contributed by atoms with Crippen LogP contribution in [0.15, 0.2) is 24.3 Å². The molecule has 0 spiro atoms. The zero-order valence-electron chi connectivity index (χ0n) is 61.6. The highest BCUT2D eigenvalue weighted by Crippen LogP contribution is 2.45. The van der Waals surface area contributed by atoms with Crippen molar-refractivity contribution in [3.05, 3.63) is 24.3 Å². The Morgan fingerprint density at radius 2 is 0.568 bits per heavy atom. The van der Waals surface area contributed by atoms with Gasteiger partial charge in [0.2, 0.25) is 0 Å². The fourth-order valence-electron chi connectivity index (χ4n) is 11.1. The van der Waals surface area contributed by atoms with Gasteiger partial charge in [0, 0.05) is 25.7 Å². The molecule has 0 aromatic heterocycles. The number of unbranched alkanes of at least 4 members (excludes halogenated alkanes) is 37. The van der Waals surface area contributed by atoms with Crippen LogP contribution in [0.2, 0.25) is 0 Å². The predicted octanol–water partition coefficient (Wildman–Crippen LogP) is 21.7. The van der Waals surface area contributed by atoms with Crippen LogP contribution in [0.5, 0.6) is 0 Å². The number of phosphoric acid groups is 2. The minimum Gasteiger partial charge on any atom is -0.462 e. The third-order valence-corrected chi connectivity index (χ3v) is 18.9. The van der Waals surface area contributed by atoms with E-state index in [0.717, 1.165) is 121 Å². The number of hydrogen-bond donors (Lipinski definition) is 3. The molecule has 0 rings (SSSR count). The Morgan fingerprint density at radius 1 is 0.326 bits per heavy atom. The van der Waals surface area contributed by atoms with Crippen molar-refractivity contribution >= 4 is 39.5 Å². The summed E-state index contributed by atoms with van der Waals surface area (Å²) in [6.07, 6.45) is 55.4. The number of hydrogen-bond acceptors (Lipinski definition) is 15. The lowest BCUT2D eigenvalue weighted by Crippen LogP contribution is -2.30. The summed E-state index contributed by atoms with van der Waals surface area (Å²) in [5.41, 5.74) is 0. The summed E-state index contributed by atoms with van der Waals surface area (Å²) in [4.78, 5) is 72.6. The molecule has 0 radical (unpaired) electrons. The number of rotatable bonds is 72. The molecule has 5 atom stereocenters. The van der Waals surface area contributed by atoms with E-state index in [4.69, 9.17) is 37.0 Å². The Bertz CT molecular complexity index is 1950. The number of carbonyl (C=O) groups is 4. The van der Waals surface area contributed by atoms with Crippen molar-refractivity contribution in [3.8, 4) is 0 Å². The molecule has 560 valence electrons. The monoisotopic (exact) mass is 1390 g/mol. The van der Waals surface area contributed by atoms with Gasteiger partial charge in [-0.2, -0.15) is 0 Å². The van der Waals surface area contributed by atoms with Crippen molar-refractivity contribution in [2.75, 3.05) is 39.6 Å². The highest BCUT2D eigenvalue weighted by atomic mass is 31.2. The average Bonchev–Trinajstić information content (AvgIpc) is 1.24. The molecule has 95 heavy (non-hydrogen) atoms. The molecule has 0 heterocycles. The summed E-state index contributed by atoms with van der Waals surface area (Å²) in [7, 11) is -9.92. The summed E-state index contributed by atoms with van der Waals surface area (Å²) in [6.45, 7) is 11.7. The van der Waals surface area contributed by atoms with E-state index in [2.05, 4.69) is 72.8 Å². The number of aliphatic hydroxyl groups is 1. The fraction of sp³-hybridized carbons (Fsp3) is 0.895. The largest absolute Gasteiger partial charge is 0.472 e. The minimum atomic E-state index is -4.96. The lowest BCUT2D eigenvalue weighted by Gasteiger charge is -2.21. The summed E-state index contributed by atoms with van der Waals surface area (Å²) in [6, 6.07) is 0. The third-order valence-electron chi connectivity index (χ3n) is 17.0. The molecular weight excluding hydrogens is 1250 g/mol. The van der Waals surface area contributed by atoms with Crippen molar-refractivity contribution in [1.29, 1.82) is 0 Å². The lowest BCUT2D eigenvalue weighted by molar-refractivity contribution is -0.161. The average molecular weight is 1390 g/mol. The van der Waals surface area contributed by atoms with Gasteiger partial charge in [-0.15, -0.1) is 0 Å². The second-order valence-electron chi connectivity index (χ2n) is 28.1. The molecular formula is C76H144O17P2. The van der Waals surface area contributed by atoms with Crippen LogP contribution < -0.4 is 0 Å². The Labute approximate surface area is 580 Å². The smallest absolute Gasteiger partial charge is 0.462 e. The maximum absolute atomic E-state index is 13.1. The lowest BCUT2D eigenvalue weighted by atomic mass is 10.0.